The number of benzene rings is 1. The van der Waals surface area contributed by atoms with Gasteiger partial charge in [0, 0.05) is 17.5 Å². The number of phenols is 1. The fraction of sp³-hybridized carbons (Fsp3) is 0.529. The summed E-state index contributed by atoms with van der Waals surface area (Å²) < 4.78 is 0. The zero-order chi connectivity index (χ0) is 16.5. The second kappa shape index (κ2) is 5.72. The molecule has 0 spiro atoms. The molecular weight excluding hydrogens is 280 g/mol. The maximum atomic E-state index is 12.8. The van der Waals surface area contributed by atoms with E-state index in [0.29, 0.717) is 6.42 Å². The van der Waals surface area contributed by atoms with Gasteiger partial charge in [-0.3, -0.25) is 4.79 Å². The number of carbonyl (C=O) groups is 1. The van der Waals surface area contributed by atoms with Crippen LogP contribution in [0.15, 0.2) is 29.4 Å². The molecule has 1 atom stereocenters. The standard InChI is InChI=1S/C17H24N2O3/c1-5-8-12-11-17(22,16(2,3)4)19(18-12)15(21)13-9-6-7-10-14(13)20/h6-7,9-10,20,22H,5,8,11H2,1-4H3. The number of hydrogen-bond acceptors (Lipinski definition) is 4. The van der Waals surface area contributed by atoms with E-state index in [1.165, 1.54) is 12.1 Å². The Bertz CT molecular complexity index is 604. The van der Waals surface area contributed by atoms with Crippen LogP contribution in [0.1, 0.15) is 57.3 Å². The normalized spacial score (nSPS) is 21.9. The quantitative estimate of drug-likeness (QED) is 0.901. The molecule has 1 aromatic carbocycles. The van der Waals surface area contributed by atoms with Crippen LogP contribution in [-0.4, -0.2) is 32.6 Å². The van der Waals surface area contributed by atoms with Gasteiger partial charge in [0.05, 0.1) is 5.56 Å². The molecule has 5 heteroatoms. The highest BCUT2D eigenvalue weighted by Crippen LogP contribution is 2.42. The lowest BCUT2D eigenvalue weighted by Gasteiger charge is -2.41. The predicted molar refractivity (Wildman–Crippen MR) is 85.6 cm³/mol. The summed E-state index contributed by atoms with van der Waals surface area (Å²) in [6, 6.07) is 6.32. The molecule has 0 radical (unpaired) electrons. The Balaban J connectivity index is 2.44. The third-order valence-corrected chi connectivity index (χ3v) is 4.11. The molecule has 1 aliphatic heterocycles. The largest absolute Gasteiger partial charge is 0.507 e. The van der Waals surface area contributed by atoms with Gasteiger partial charge in [-0.1, -0.05) is 46.2 Å². The van der Waals surface area contributed by atoms with Gasteiger partial charge in [-0.05, 0) is 18.6 Å². The van der Waals surface area contributed by atoms with Crippen molar-refractivity contribution in [2.75, 3.05) is 0 Å². The van der Waals surface area contributed by atoms with Crippen LogP contribution in [0.2, 0.25) is 0 Å². The van der Waals surface area contributed by atoms with Crippen molar-refractivity contribution in [1.29, 1.82) is 0 Å². The fourth-order valence-electron chi connectivity index (χ4n) is 2.61. The molecule has 0 saturated heterocycles. The van der Waals surface area contributed by atoms with Crippen molar-refractivity contribution in [1.82, 2.24) is 5.01 Å². The van der Waals surface area contributed by atoms with E-state index in [2.05, 4.69) is 5.10 Å². The summed E-state index contributed by atoms with van der Waals surface area (Å²) in [6.45, 7) is 7.67. The van der Waals surface area contributed by atoms with Gasteiger partial charge >= 0.3 is 0 Å². The minimum atomic E-state index is -1.39. The number of para-hydroxylation sites is 1. The SMILES string of the molecule is CCCC1=NN(C(=O)c2ccccc2O)C(O)(C(C)(C)C)C1. The first-order valence-corrected chi connectivity index (χ1v) is 7.62. The zero-order valence-electron chi connectivity index (χ0n) is 13.6. The third kappa shape index (κ3) is 2.73. The second-order valence-corrected chi connectivity index (χ2v) is 6.79. The molecule has 0 aromatic heterocycles. The van der Waals surface area contributed by atoms with Crippen molar-refractivity contribution in [3.8, 4) is 5.75 Å². The first-order valence-electron chi connectivity index (χ1n) is 7.62. The number of rotatable bonds is 3. The minimum absolute atomic E-state index is 0.108. The van der Waals surface area contributed by atoms with Crippen LogP contribution < -0.4 is 0 Å². The lowest BCUT2D eigenvalue weighted by atomic mass is 9.79. The highest BCUT2D eigenvalue weighted by molar-refractivity contribution is 6.00. The van der Waals surface area contributed by atoms with Gasteiger partial charge in [0.15, 0.2) is 5.72 Å². The van der Waals surface area contributed by atoms with Crippen LogP contribution in [0.25, 0.3) is 0 Å². The number of aliphatic hydroxyl groups is 1. The van der Waals surface area contributed by atoms with Crippen molar-refractivity contribution in [2.45, 2.75) is 52.7 Å². The van der Waals surface area contributed by atoms with Crippen LogP contribution in [0.3, 0.4) is 0 Å². The molecule has 0 fully saturated rings. The topological polar surface area (TPSA) is 73.1 Å². The summed E-state index contributed by atoms with van der Waals surface area (Å²) in [7, 11) is 0. The minimum Gasteiger partial charge on any atom is -0.507 e. The Morgan fingerprint density at radius 1 is 1.36 bits per heavy atom. The first-order chi connectivity index (χ1) is 10.2. The van der Waals surface area contributed by atoms with Gasteiger partial charge in [0.2, 0.25) is 0 Å². The molecule has 120 valence electrons. The molecule has 2 N–H and O–H groups in total. The lowest BCUT2D eigenvalue weighted by molar-refractivity contribution is -0.143. The van der Waals surface area contributed by atoms with Crippen molar-refractivity contribution in [3.05, 3.63) is 29.8 Å². The Kier molecular flexibility index (Phi) is 4.29. The number of hydrazone groups is 1. The van der Waals surface area contributed by atoms with Gasteiger partial charge in [0.1, 0.15) is 5.75 Å². The Morgan fingerprint density at radius 2 is 2.00 bits per heavy atom. The molecule has 1 aromatic rings. The van der Waals surface area contributed by atoms with E-state index in [-0.39, 0.29) is 11.3 Å². The monoisotopic (exact) mass is 304 g/mol. The van der Waals surface area contributed by atoms with E-state index in [1.807, 2.05) is 27.7 Å². The summed E-state index contributed by atoms with van der Waals surface area (Å²) in [4.78, 5) is 12.8. The van der Waals surface area contributed by atoms with Gasteiger partial charge in [0.25, 0.3) is 5.91 Å². The summed E-state index contributed by atoms with van der Waals surface area (Å²) in [5, 5.41) is 26.5. The van der Waals surface area contributed by atoms with Gasteiger partial charge in [-0.15, -0.1) is 0 Å². The molecule has 1 amide bonds. The molecule has 2 rings (SSSR count). The summed E-state index contributed by atoms with van der Waals surface area (Å²) in [5.74, 6) is -0.593. The van der Waals surface area contributed by atoms with E-state index in [4.69, 9.17) is 0 Å². The maximum Gasteiger partial charge on any atom is 0.280 e. The summed E-state index contributed by atoms with van der Waals surface area (Å²) >= 11 is 0. The Hall–Kier alpha value is -1.88. The van der Waals surface area contributed by atoms with E-state index in [1.54, 1.807) is 12.1 Å². The number of nitrogens with zero attached hydrogens (tertiary/aromatic N) is 2. The molecule has 1 heterocycles. The van der Waals surface area contributed by atoms with Crippen LogP contribution in [-0.2, 0) is 0 Å². The summed E-state index contributed by atoms with van der Waals surface area (Å²) in [5.41, 5.74) is -1.00. The fourth-order valence-corrected chi connectivity index (χ4v) is 2.61. The smallest absolute Gasteiger partial charge is 0.280 e. The molecule has 1 aliphatic rings. The van der Waals surface area contributed by atoms with E-state index in [0.717, 1.165) is 23.6 Å². The number of carbonyl (C=O) groups excluding carboxylic acids is 1. The van der Waals surface area contributed by atoms with E-state index >= 15 is 0 Å². The molecule has 0 saturated carbocycles. The highest BCUT2D eigenvalue weighted by atomic mass is 16.3. The van der Waals surface area contributed by atoms with E-state index in [9.17, 15) is 15.0 Å². The zero-order valence-corrected chi connectivity index (χ0v) is 13.6. The highest BCUT2D eigenvalue weighted by Gasteiger charge is 2.52. The van der Waals surface area contributed by atoms with Crippen molar-refractivity contribution in [2.24, 2.45) is 10.5 Å². The van der Waals surface area contributed by atoms with Crippen LogP contribution in [0.4, 0.5) is 0 Å². The van der Waals surface area contributed by atoms with Crippen molar-refractivity contribution >= 4 is 11.6 Å². The number of amides is 1. The molecule has 5 nitrogen and oxygen atoms in total. The Labute approximate surface area is 131 Å². The van der Waals surface area contributed by atoms with Gasteiger partial charge in [-0.2, -0.15) is 10.1 Å². The molecular formula is C17H24N2O3. The number of phenolic OH excluding ortho intramolecular Hbond substituents is 1. The average Bonchev–Trinajstić information content (AvgIpc) is 2.77. The number of aromatic hydroxyl groups is 1. The average molecular weight is 304 g/mol. The molecule has 0 aliphatic carbocycles. The van der Waals surface area contributed by atoms with Crippen molar-refractivity contribution < 1.29 is 15.0 Å². The van der Waals surface area contributed by atoms with Crippen LogP contribution in [0, 0.1) is 5.41 Å². The number of hydrogen-bond donors (Lipinski definition) is 2. The third-order valence-electron chi connectivity index (χ3n) is 4.11. The van der Waals surface area contributed by atoms with Crippen LogP contribution >= 0.6 is 0 Å². The molecule has 22 heavy (non-hydrogen) atoms. The summed E-state index contributed by atoms with van der Waals surface area (Å²) in [6.07, 6.45) is 1.98. The van der Waals surface area contributed by atoms with Crippen LogP contribution in [0.5, 0.6) is 5.75 Å². The Morgan fingerprint density at radius 3 is 2.55 bits per heavy atom. The van der Waals surface area contributed by atoms with Crippen molar-refractivity contribution in [3.63, 3.8) is 0 Å². The lowest BCUT2D eigenvalue weighted by Crippen LogP contribution is -2.55. The molecule has 1 unspecified atom stereocenters. The van der Waals surface area contributed by atoms with Gasteiger partial charge < -0.3 is 10.2 Å². The first kappa shape index (κ1) is 16.5. The van der Waals surface area contributed by atoms with E-state index < -0.39 is 17.0 Å². The van der Waals surface area contributed by atoms with Gasteiger partial charge in [-0.25, -0.2) is 0 Å². The predicted octanol–water partition coefficient (Wildman–Crippen LogP) is 3.13. The maximum absolute atomic E-state index is 12.8. The molecule has 0 bridgehead atoms. The second-order valence-electron chi connectivity index (χ2n) is 6.79.